The van der Waals surface area contributed by atoms with Crippen LogP contribution < -0.4 is 5.32 Å². The number of Topliss-reactive ketones (excluding diaryl/α,β-unsaturated/α-hetero) is 1. The first-order valence-electron chi connectivity index (χ1n) is 23.4. The fourth-order valence-corrected chi connectivity index (χ4v) is 9.97. The van der Waals surface area contributed by atoms with Crippen molar-refractivity contribution in [2.24, 2.45) is 28.8 Å². The molecule has 4 aliphatic heterocycles. The van der Waals surface area contributed by atoms with Crippen molar-refractivity contribution in [2.75, 3.05) is 33.3 Å². The lowest BCUT2D eigenvalue weighted by Crippen LogP contribution is -2.59. The van der Waals surface area contributed by atoms with Crippen LogP contribution in [0.3, 0.4) is 0 Å². The largest absolute Gasteiger partial charge is 0.459 e. The Morgan fingerprint density at radius 3 is 2.51 bits per heavy atom. The first kappa shape index (κ1) is 50.5. The molecular formula is C46H71N7O12. The summed E-state index contributed by atoms with van der Waals surface area (Å²) in [4.78, 5) is 46.7. The minimum atomic E-state index is -1.90. The summed E-state index contributed by atoms with van der Waals surface area (Å²) in [5.41, 5.74) is -0.664. The molecule has 4 aliphatic rings. The number of likely N-dealkylation sites (N-methyl/N-ethyl adjacent to an activating group) is 1. The Labute approximate surface area is 381 Å². The summed E-state index contributed by atoms with van der Waals surface area (Å²) >= 11 is 0. The number of fused-ring (bicyclic) bond motifs is 2. The van der Waals surface area contributed by atoms with E-state index in [0.29, 0.717) is 38.2 Å². The first-order chi connectivity index (χ1) is 30.8. The summed E-state index contributed by atoms with van der Waals surface area (Å²) in [6, 6.07) is 6.24. The first-order valence-corrected chi connectivity index (χ1v) is 23.4. The number of nitrogens with one attached hydrogen (secondary N) is 1. The highest BCUT2D eigenvalue weighted by Crippen LogP contribution is 2.43. The zero-order valence-electron chi connectivity index (χ0n) is 39.2. The van der Waals surface area contributed by atoms with E-state index in [0.717, 1.165) is 43.5 Å². The summed E-state index contributed by atoms with van der Waals surface area (Å²) in [6.07, 6.45) is 0.393. The number of hydrogen-bond donors (Lipinski definition) is 4. The predicted molar refractivity (Wildman–Crippen MR) is 238 cm³/mol. The van der Waals surface area contributed by atoms with E-state index < -0.39 is 82.3 Å². The van der Waals surface area contributed by atoms with Gasteiger partial charge in [-0.15, -0.1) is 5.10 Å². The lowest BCUT2D eigenvalue weighted by molar-refractivity contribution is -0.384. The normalized spacial score (nSPS) is 36.8. The maximum absolute atomic E-state index is 14.3. The van der Waals surface area contributed by atoms with Gasteiger partial charge < -0.3 is 49.3 Å². The number of nitro groups is 1. The van der Waals surface area contributed by atoms with Crippen LogP contribution in [0.2, 0.25) is 0 Å². The van der Waals surface area contributed by atoms with Gasteiger partial charge in [0.05, 0.1) is 46.8 Å². The Kier molecular flexibility index (Phi) is 16.9. The Morgan fingerprint density at radius 2 is 1.83 bits per heavy atom. The van der Waals surface area contributed by atoms with Crippen LogP contribution in [0.1, 0.15) is 98.2 Å². The molecule has 6 rings (SSSR count). The quantitative estimate of drug-likeness (QED) is 0.0658. The number of cyclic esters (lactones) is 1. The number of non-ortho nitro benzene ring substituents is 1. The van der Waals surface area contributed by atoms with Crippen molar-refractivity contribution in [2.45, 2.75) is 167 Å². The number of aryl methyl sites for hydroxylation is 2. The summed E-state index contributed by atoms with van der Waals surface area (Å²) in [6.45, 7) is 14.6. The number of aliphatic hydroxyl groups excluding tert-OH is 2. The summed E-state index contributed by atoms with van der Waals surface area (Å²) < 4.78 is 27.4. The molecular weight excluding hydrogens is 843 g/mol. The molecule has 65 heavy (non-hydrogen) atoms. The van der Waals surface area contributed by atoms with Crippen molar-refractivity contribution in [1.82, 2.24) is 25.2 Å². The zero-order chi connectivity index (χ0) is 47.2. The van der Waals surface area contributed by atoms with Gasteiger partial charge in [-0.3, -0.25) is 24.4 Å². The average Bonchev–Trinajstić information content (AvgIpc) is 4.07. The van der Waals surface area contributed by atoms with Gasteiger partial charge in [-0.2, -0.15) is 0 Å². The third-order valence-corrected chi connectivity index (χ3v) is 14.1. The Hall–Kier alpha value is -3.95. The van der Waals surface area contributed by atoms with E-state index in [4.69, 9.17) is 23.8 Å². The molecule has 4 N–H and O–H groups in total. The van der Waals surface area contributed by atoms with Crippen LogP contribution in [-0.4, -0.2) is 151 Å². The van der Waals surface area contributed by atoms with E-state index in [1.807, 2.05) is 31.8 Å². The third kappa shape index (κ3) is 12.0. The number of aliphatic hydroxyl groups is 3. The van der Waals surface area contributed by atoms with Gasteiger partial charge in [0.25, 0.3) is 5.69 Å². The molecule has 4 fully saturated rings. The van der Waals surface area contributed by atoms with Crippen molar-refractivity contribution in [3.63, 3.8) is 0 Å². The molecule has 1 aromatic heterocycles. The maximum atomic E-state index is 14.3. The van der Waals surface area contributed by atoms with Crippen LogP contribution in [0.15, 0.2) is 35.6 Å². The molecule has 0 aliphatic carbocycles. The smallest absolute Gasteiger partial charge is 0.316 e. The van der Waals surface area contributed by atoms with E-state index in [1.165, 1.54) is 26.0 Å². The predicted octanol–water partition coefficient (Wildman–Crippen LogP) is 3.39. The zero-order valence-corrected chi connectivity index (χ0v) is 39.2. The molecule has 0 spiro atoms. The molecule has 2 aromatic rings. The highest BCUT2D eigenvalue weighted by Gasteiger charge is 2.55. The summed E-state index contributed by atoms with van der Waals surface area (Å²) in [5, 5.41) is 63.2. The van der Waals surface area contributed by atoms with Crippen molar-refractivity contribution in [1.29, 1.82) is 0 Å². The molecule has 2 bridgehead atoms. The van der Waals surface area contributed by atoms with Gasteiger partial charge in [-0.05, 0) is 85.4 Å². The number of ether oxygens (including phenoxy) is 4. The van der Waals surface area contributed by atoms with Crippen LogP contribution in [0, 0.1) is 33.8 Å². The standard InChI is InChI=1S/C46H71N7O12/c1-9-37-46(7,58)41(56)28(3)38(49-65-35-17-19-47-24-35)32-23-45(6,61-26-32)42(29(4)39(54)30(5)43(57)63-37)64-44-40(55)36(22-27(2)62-44)51(8)21-18-33-25-52(50-48-33)20-11-10-12-31-13-15-34(16-14-31)53(59)60/h13-16,25,27-30,32,35-37,40-42,44,47,55-56,58H,9-12,17-24,26H2,1-8H3/b49-38-/t27-,28+,29+,30-,32+,35-,36+,37-,40?,41-,42-,44+,45-,46-/m1/s1. The molecule has 4 saturated heterocycles. The number of nitrogens with zero attached hydrogens (tertiary/aromatic N) is 6. The average molecular weight is 914 g/mol. The summed E-state index contributed by atoms with van der Waals surface area (Å²) in [7, 11) is 1.93. The van der Waals surface area contributed by atoms with Crippen LogP contribution in [0.4, 0.5) is 5.69 Å². The number of oxime groups is 1. The monoisotopic (exact) mass is 914 g/mol. The number of ketones is 1. The number of esters is 1. The SMILES string of the molecule is CC[C@H]1OC(=O)[C@H](C)C(=O)[C@H](C)[C@@H](O[C@@H]2O[C@H](C)C[C@H](N(C)CCc3cn(CCCCc4ccc([N+](=O)[O-])cc4)nn3)C2O)[C@@]2(C)C[C@@H](CO2)/C(=N\O[C@@H]2CCNC2)[C@H](C)[C@@H](O)[C@]1(C)O. The van der Waals surface area contributed by atoms with E-state index in [9.17, 15) is 35.0 Å². The molecule has 362 valence electrons. The lowest BCUT2D eigenvalue weighted by Gasteiger charge is -2.46. The van der Waals surface area contributed by atoms with E-state index >= 15 is 0 Å². The second-order valence-corrected chi connectivity index (χ2v) is 19.2. The minimum Gasteiger partial charge on any atom is -0.459 e. The molecule has 0 saturated carbocycles. The molecule has 19 heteroatoms. The van der Waals surface area contributed by atoms with Crippen molar-refractivity contribution < 1.29 is 53.6 Å². The molecule has 1 unspecified atom stereocenters. The lowest BCUT2D eigenvalue weighted by atomic mass is 9.75. The molecule has 5 heterocycles. The Bertz CT molecular complexity index is 1940. The van der Waals surface area contributed by atoms with Gasteiger partial charge in [0, 0.05) is 74.6 Å². The Morgan fingerprint density at radius 1 is 1.09 bits per heavy atom. The highest BCUT2D eigenvalue weighted by atomic mass is 16.7. The van der Waals surface area contributed by atoms with Gasteiger partial charge >= 0.3 is 5.97 Å². The second kappa shape index (κ2) is 21.8. The van der Waals surface area contributed by atoms with Gasteiger partial charge in [-0.25, -0.2) is 0 Å². The van der Waals surface area contributed by atoms with Crippen LogP contribution in [0.5, 0.6) is 0 Å². The fourth-order valence-electron chi connectivity index (χ4n) is 9.97. The summed E-state index contributed by atoms with van der Waals surface area (Å²) in [5.74, 6) is -4.67. The van der Waals surface area contributed by atoms with Gasteiger partial charge in [0.15, 0.2) is 12.1 Å². The topological polar surface area (TPSA) is 242 Å². The number of hydrogen-bond acceptors (Lipinski definition) is 17. The van der Waals surface area contributed by atoms with Crippen LogP contribution in [-0.2, 0) is 52.8 Å². The number of aromatic nitrogens is 3. The third-order valence-electron chi connectivity index (χ3n) is 14.1. The number of benzene rings is 1. The van der Waals surface area contributed by atoms with Crippen molar-refractivity contribution in [3.8, 4) is 0 Å². The number of nitro benzene ring substituents is 1. The maximum Gasteiger partial charge on any atom is 0.316 e. The second-order valence-electron chi connectivity index (χ2n) is 19.2. The number of carbonyl (C=O) groups excluding carboxylic acids is 2. The highest BCUT2D eigenvalue weighted by molar-refractivity contribution is 6.00. The van der Waals surface area contributed by atoms with Gasteiger partial charge in [0.1, 0.15) is 29.8 Å². The Balaban J connectivity index is 1.15. The van der Waals surface area contributed by atoms with Crippen LogP contribution in [0.25, 0.3) is 0 Å². The van der Waals surface area contributed by atoms with Crippen molar-refractivity contribution >= 4 is 23.2 Å². The molecule has 0 radical (unpaired) electrons. The van der Waals surface area contributed by atoms with E-state index in [-0.39, 0.29) is 43.4 Å². The number of unbranched alkanes of at least 4 members (excludes halogenated alkanes) is 1. The van der Waals surface area contributed by atoms with E-state index in [2.05, 4.69) is 25.7 Å². The number of carbonyl (C=O) groups is 2. The van der Waals surface area contributed by atoms with Gasteiger partial charge in [-0.1, -0.05) is 43.3 Å². The van der Waals surface area contributed by atoms with Gasteiger partial charge in [0.2, 0.25) is 0 Å². The number of rotatable bonds is 15. The van der Waals surface area contributed by atoms with Crippen LogP contribution >= 0.6 is 0 Å². The van der Waals surface area contributed by atoms with Crippen molar-refractivity contribution in [3.05, 3.63) is 51.8 Å². The molecule has 0 amide bonds. The molecule has 1 aromatic carbocycles. The molecule has 14 atom stereocenters. The fraction of sp³-hybridized carbons (Fsp3) is 0.761. The molecule has 19 nitrogen and oxygen atoms in total. The van der Waals surface area contributed by atoms with E-state index in [1.54, 1.807) is 32.9 Å². The minimum absolute atomic E-state index is 0.0790.